The third-order valence-electron chi connectivity index (χ3n) is 7.55. The van der Waals surface area contributed by atoms with Crippen molar-refractivity contribution in [2.75, 3.05) is 0 Å². The molecule has 0 aliphatic heterocycles. The predicted octanol–water partition coefficient (Wildman–Crippen LogP) is 3.78. The van der Waals surface area contributed by atoms with Crippen molar-refractivity contribution >= 4 is 22.3 Å². The van der Waals surface area contributed by atoms with Gasteiger partial charge in [0.05, 0.1) is 20.9 Å². The van der Waals surface area contributed by atoms with Crippen molar-refractivity contribution in [2.24, 2.45) is 0 Å². The monoisotopic (exact) mass is 680 g/mol. The van der Waals surface area contributed by atoms with Gasteiger partial charge in [-0.1, -0.05) is 48.5 Å². The fraction of sp³-hybridized carbons (Fsp3) is 0. The number of halogens is 4. The van der Waals surface area contributed by atoms with E-state index in [9.17, 15) is 52.6 Å². The summed E-state index contributed by atoms with van der Waals surface area (Å²) in [7, 11) is 0. The quantitative estimate of drug-likeness (QED) is 0.284. The first kappa shape index (κ1) is 35.8. The average molecular weight is 681 g/mol. The van der Waals surface area contributed by atoms with Gasteiger partial charge in [-0.15, -0.1) is 0 Å². The molecule has 0 aliphatic carbocycles. The second-order valence-electron chi connectivity index (χ2n) is 10.0. The fourth-order valence-electron chi connectivity index (χ4n) is 5.27. The molecule has 14 heteroatoms. The van der Waals surface area contributed by atoms with Gasteiger partial charge in [0, 0.05) is 11.1 Å². The van der Waals surface area contributed by atoms with Crippen molar-refractivity contribution in [1.29, 1.82) is 52.6 Å². The lowest BCUT2D eigenvalue weighted by Crippen LogP contribution is -2.29. The van der Waals surface area contributed by atoms with E-state index in [1.165, 1.54) is 109 Å². The van der Waals surface area contributed by atoms with Crippen LogP contribution < -0.4 is 20.9 Å². The molecule has 0 fully saturated rings. The van der Waals surface area contributed by atoms with Gasteiger partial charge in [-0.3, -0.25) is 0 Å². The number of rotatable bonds is 3. The van der Waals surface area contributed by atoms with Gasteiger partial charge in [0.15, 0.2) is 11.6 Å². The van der Waals surface area contributed by atoms with Crippen molar-refractivity contribution in [3.8, 4) is 94.1 Å². The Labute approximate surface area is 290 Å². The Kier molecular flexibility index (Phi) is 10.2. The van der Waals surface area contributed by atoms with Gasteiger partial charge in [-0.2, -0.15) is 52.6 Å². The first-order valence-electron chi connectivity index (χ1n) is 13.9. The molecule has 0 amide bonds. The van der Waals surface area contributed by atoms with Crippen LogP contribution in [-0.4, -0.2) is 0 Å². The first-order chi connectivity index (χ1) is 25.1. The third kappa shape index (κ3) is 5.72. The molecular weight excluding hydrogens is 672 g/mol. The molecule has 0 saturated carbocycles. The summed E-state index contributed by atoms with van der Waals surface area (Å²) in [5, 5.41) is 90.8. The van der Waals surface area contributed by atoms with E-state index in [0.29, 0.717) is 11.1 Å². The normalized spacial score (nSPS) is 9.35. The SMILES string of the molecule is N#CC(C#N)=c1c(F)c(-c2ccc(-c3ccc(-c4c(F)c(=C(C#N)C#N)c(C#N)c(F)c4=C(C#N)C#N)cc3)cc2)c(=C(C#N)C#N)c(F)c1C#N. The molecule has 0 bridgehead atoms. The Balaban J connectivity index is 2.03. The largest absolute Gasteiger partial charge is 0.206 e. The molecule has 0 N–H and O–H groups in total. The molecule has 238 valence electrons. The highest BCUT2D eigenvalue weighted by Gasteiger charge is 2.25. The molecule has 4 aromatic carbocycles. The highest BCUT2D eigenvalue weighted by atomic mass is 19.1. The van der Waals surface area contributed by atoms with Crippen LogP contribution in [0.1, 0.15) is 11.1 Å². The van der Waals surface area contributed by atoms with E-state index in [-0.39, 0.29) is 11.1 Å². The van der Waals surface area contributed by atoms with Gasteiger partial charge >= 0.3 is 0 Å². The standard InChI is InChI=1S/C38H8F4N10/c39-35-27(17-51)29(23(9-43)10-44)37(41)31(33(35)25(13-47)14-48)21-5-1-19(2-6-21)20-3-7-22(8-4-20)32-34(26(15-49)16-50)36(40)28(18-52)30(38(32)42)24(11-45)12-46/h1-8H. The van der Waals surface area contributed by atoms with Crippen molar-refractivity contribution in [3.05, 3.63) is 104 Å². The van der Waals surface area contributed by atoms with Gasteiger partial charge < -0.3 is 0 Å². The van der Waals surface area contributed by atoms with Crippen LogP contribution in [0, 0.1) is 137 Å². The lowest BCUT2D eigenvalue weighted by molar-refractivity contribution is 0.584. The van der Waals surface area contributed by atoms with E-state index in [2.05, 4.69) is 0 Å². The molecule has 0 radical (unpaired) electrons. The topological polar surface area (TPSA) is 238 Å². The Morgan fingerprint density at radius 1 is 0.327 bits per heavy atom. The molecule has 4 aromatic rings. The number of nitrogens with zero attached hydrogens (tertiary/aromatic N) is 10. The molecule has 0 aromatic heterocycles. The second-order valence-corrected chi connectivity index (χ2v) is 10.0. The molecule has 0 aliphatic rings. The van der Waals surface area contributed by atoms with Crippen LogP contribution in [-0.2, 0) is 0 Å². The zero-order valence-electron chi connectivity index (χ0n) is 25.6. The van der Waals surface area contributed by atoms with Gasteiger partial charge in [-0.25, -0.2) is 17.6 Å². The van der Waals surface area contributed by atoms with Crippen LogP contribution in [0.15, 0.2) is 48.5 Å². The van der Waals surface area contributed by atoms with E-state index in [4.69, 9.17) is 0 Å². The maximum atomic E-state index is 16.1. The number of nitriles is 10. The van der Waals surface area contributed by atoms with Crippen molar-refractivity contribution < 1.29 is 17.6 Å². The van der Waals surface area contributed by atoms with Crippen LogP contribution in [0.5, 0.6) is 0 Å². The molecular formula is C38H8F4N10. The Morgan fingerprint density at radius 2 is 0.558 bits per heavy atom. The summed E-state index contributed by atoms with van der Waals surface area (Å²) in [5.41, 5.74) is -6.72. The minimum absolute atomic E-state index is 0.138. The molecule has 0 saturated heterocycles. The van der Waals surface area contributed by atoms with Gasteiger partial charge in [0.2, 0.25) is 0 Å². The summed E-state index contributed by atoms with van der Waals surface area (Å²) in [6, 6.07) is 24.6. The number of benzene rings is 4. The molecule has 0 heterocycles. The Morgan fingerprint density at radius 3 is 0.788 bits per heavy atom. The van der Waals surface area contributed by atoms with Crippen molar-refractivity contribution in [3.63, 3.8) is 0 Å². The van der Waals surface area contributed by atoms with Crippen LogP contribution >= 0.6 is 0 Å². The minimum Gasteiger partial charge on any atom is -0.206 e. The Bertz CT molecular complexity index is 2710. The zero-order chi connectivity index (χ0) is 38.3. The van der Waals surface area contributed by atoms with Gasteiger partial charge in [0.1, 0.15) is 106 Å². The van der Waals surface area contributed by atoms with Crippen LogP contribution in [0.25, 0.3) is 55.7 Å². The summed E-state index contributed by atoms with van der Waals surface area (Å²) in [6.07, 6.45) is 0. The average Bonchev–Trinajstić information content (AvgIpc) is 3.17. The summed E-state index contributed by atoms with van der Waals surface area (Å²) < 4.78 is 63.5. The molecule has 10 nitrogen and oxygen atoms in total. The fourth-order valence-corrected chi connectivity index (χ4v) is 5.27. The van der Waals surface area contributed by atoms with Crippen LogP contribution in [0.4, 0.5) is 17.6 Å². The summed E-state index contributed by atoms with van der Waals surface area (Å²) in [5.74, 6) is -5.86. The predicted molar refractivity (Wildman–Crippen MR) is 169 cm³/mol. The van der Waals surface area contributed by atoms with Gasteiger partial charge in [-0.05, 0) is 22.3 Å². The molecule has 0 spiro atoms. The number of hydrogen-bond acceptors (Lipinski definition) is 10. The maximum Gasteiger partial charge on any atom is 0.151 e. The minimum atomic E-state index is -1.51. The van der Waals surface area contributed by atoms with Crippen molar-refractivity contribution in [2.45, 2.75) is 0 Å². The lowest BCUT2D eigenvalue weighted by atomic mass is 9.92. The van der Waals surface area contributed by atoms with Gasteiger partial charge in [0.25, 0.3) is 0 Å². The zero-order valence-corrected chi connectivity index (χ0v) is 25.6. The summed E-state index contributed by atoms with van der Waals surface area (Å²) in [6.45, 7) is 0. The lowest BCUT2D eigenvalue weighted by Gasteiger charge is -2.12. The van der Waals surface area contributed by atoms with E-state index in [1.807, 2.05) is 0 Å². The first-order valence-corrected chi connectivity index (χ1v) is 13.9. The van der Waals surface area contributed by atoms with E-state index < -0.39 is 88.7 Å². The highest BCUT2D eigenvalue weighted by Crippen LogP contribution is 2.28. The second kappa shape index (κ2) is 14.8. The van der Waals surface area contributed by atoms with E-state index in [1.54, 1.807) is 0 Å². The molecule has 0 unspecified atom stereocenters. The third-order valence-corrected chi connectivity index (χ3v) is 7.55. The summed E-state index contributed by atoms with van der Waals surface area (Å²) in [4.78, 5) is 0. The Hall–Kier alpha value is -9.02. The van der Waals surface area contributed by atoms with Crippen molar-refractivity contribution in [1.82, 2.24) is 0 Å². The smallest absolute Gasteiger partial charge is 0.151 e. The number of hydrogen-bond donors (Lipinski definition) is 0. The van der Waals surface area contributed by atoms with Crippen LogP contribution in [0.2, 0.25) is 0 Å². The van der Waals surface area contributed by atoms with Crippen LogP contribution in [0.3, 0.4) is 0 Å². The van der Waals surface area contributed by atoms with E-state index >= 15 is 17.6 Å². The maximum absolute atomic E-state index is 16.1. The van der Waals surface area contributed by atoms with E-state index in [0.717, 1.165) is 0 Å². The molecule has 4 rings (SSSR count). The molecule has 52 heavy (non-hydrogen) atoms. The molecule has 0 atom stereocenters. The highest BCUT2D eigenvalue weighted by molar-refractivity contribution is 5.85. The summed E-state index contributed by atoms with van der Waals surface area (Å²) >= 11 is 0.